The van der Waals surface area contributed by atoms with Crippen molar-refractivity contribution in [1.29, 1.82) is 5.41 Å². The SMILES string of the molecule is Cc1nc(-c2ccc(COC(=O)c3ccc(/C(=C/C(=N)C(F)(F)F)Nc4ccccc4Cl)cc3)s2)cs1. The van der Waals surface area contributed by atoms with Crippen LogP contribution in [0, 0.1) is 12.3 Å². The number of ether oxygens (including phenoxy) is 1. The van der Waals surface area contributed by atoms with Gasteiger partial charge in [-0.25, -0.2) is 9.78 Å². The third-order valence-electron chi connectivity index (χ3n) is 5.05. The third-order valence-corrected chi connectivity index (χ3v) is 7.23. The number of rotatable bonds is 8. The number of benzene rings is 2. The molecule has 0 saturated heterocycles. The zero-order valence-corrected chi connectivity index (χ0v) is 21.6. The number of allylic oxidation sites excluding steroid dienone is 1. The van der Waals surface area contributed by atoms with Gasteiger partial charge >= 0.3 is 12.1 Å². The number of esters is 1. The lowest BCUT2D eigenvalue weighted by molar-refractivity contribution is -0.0583. The molecule has 0 aliphatic heterocycles. The molecule has 0 spiro atoms. The summed E-state index contributed by atoms with van der Waals surface area (Å²) in [5.41, 5.74) is 0.281. The standard InChI is InChI=1S/C26H19ClF3N3O2S2/c1-15-32-22(14-36-15)23-11-10-18(37-23)13-35-25(34)17-8-6-16(7-9-17)21(12-24(31)26(28,29)30)33-20-5-3-2-4-19(20)27/h2-12,14,31,33H,13H2,1H3/b21-12-,31-24?. The predicted octanol–water partition coefficient (Wildman–Crippen LogP) is 8.23. The number of carbonyl (C=O) groups excluding carboxylic acids is 1. The summed E-state index contributed by atoms with van der Waals surface area (Å²) in [6, 6.07) is 16.2. The molecule has 0 fully saturated rings. The maximum Gasteiger partial charge on any atom is 0.432 e. The molecule has 0 bridgehead atoms. The fourth-order valence-electron chi connectivity index (χ4n) is 3.20. The number of alkyl halides is 3. The van der Waals surface area contributed by atoms with Crippen LogP contribution in [0.1, 0.15) is 25.8 Å². The van der Waals surface area contributed by atoms with Gasteiger partial charge in [0, 0.05) is 16.0 Å². The molecule has 0 radical (unpaired) electrons. The molecule has 11 heteroatoms. The number of hydrogen-bond donors (Lipinski definition) is 2. The van der Waals surface area contributed by atoms with E-state index in [1.54, 1.807) is 35.6 Å². The van der Waals surface area contributed by atoms with Gasteiger partial charge in [-0.1, -0.05) is 35.9 Å². The van der Waals surface area contributed by atoms with E-state index in [2.05, 4.69) is 10.3 Å². The Labute approximate surface area is 223 Å². The van der Waals surface area contributed by atoms with Crippen molar-refractivity contribution in [3.05, 3.63) is 98.2 Å². The van der Waals surface area contributed by atoms with Gasteiger partial charge < -0.3 is 10.1 Å². The van der Waals surface area contributed by atoms with E-state index in [4.69, 9.17) is 21.7 Å². The van der Waals surface area contributed by atoms with Gasteiger partial charge in [0.1, 0.15) is 12.3 Å². The topological polar surface area (TPSA) is 75.1 Å². The summed E-state index contributed by atoms with van der Waals surface area (Å²) in [4.78, 5) is 18.8. The zero-order chi connectivity index (χ0) is 26.6. The number of anilines is 1. The Morgan fingerprint density at radius 2 is 1.81 bits per heavy atom. The summed E-state index contributed by atoms with van der Waals surface area (Å²) in [7, 11) is 0. The highest BCUT2D eigenvalue weighted by Crippen LogP contribution is 2.30. The molecule has 2 N–H and O–H groups in total. The number of thiazole rings is 1. The Morgan fingerprint density at radius 3 is 2.46 bits per heavy atom. The van der Waals surface area contributed by atoms with E-state index in [0.717, 1.165) is 20.5 Å². The van der Waals surface area contributed by atoms with E-state index in [1.807, 2.05) is 24.4 Å². The molecule has 2 heterocycles. The van der Waals surface area contributed by atoms with Crippen molar-refractivity contribution in [1.82, 2.24) is 4.98 Å². The first-order valence-electron chi connectivity index (χ1n) is 10.8. The third kappa shape index (κ3) is 6.85. The van der Waals surface area contributed by atoms with Crippen molar-refractivity contribution in [2.24, 2.45) is 0 Å². The van der Waals surface area contributed by atoms with E-state index in [0.29, 0.717) is 22.3 Å². The monoisotopic (exact) mass is 561 g/mol. The van der Waals surface area contributed by atoms with Gasteiger partial charge in [-0.05, 0) is 55.0 Å². The molecule has 2 aromatic heterocycles. The first-order chi connectivity index (χ1) is 17.6. The van der Waals surface area contributed by atoms with Gasteiger partial charge in [-0.2, -0.15) is 13.2 Å². The number of halogens is 4. The Morgan fingerprint density at radius 1 is 1.11 bits per heavy atom. The number of thiophene rings is 1. The van der Waals surface area contributed by atoms with Gasteiger partial charge in [0.05, 0.1) is 31.9 Å². The minimum Gasteiger partial charge on any atom is -0.456 e. The second kappa shape index (κ2) is 11.3. The summed E-state index contributed by atoms with van der Waals surface area (Å²) in [5, 5.41) is 13.5. The van der Waals surface area contributed by atoms with E-state index in [1.165, 1.54) is 35.6 Å². The summed E-state index contributed by atoms with van der Waals surface area (Å²) >= 11 is 9.18. The number of para-hydroxylation sites is 1. The van der Waals surface area contributed by atoms with E-state index < -0.39 is 17.9 Å². The molecule has 0 unspecified atom stereocenters. The number of aryl methyl sites for hydroxylation is 1. The second-order valence-corrected chi connectivity index (χ2v) is 10.4. The minimum absolute atomic E-state index is 0.00117. The molecular formula is C26H19ClF3N3O2S2. The number of nitrogens with zero attached hydrogens (tertiary/aromatic N) is 1. The van der Waals surface area contributed by atoms with E-state index in [9.17, 15) is 18.0 Å². The van der Waals surface area contributed by atoms with Crippen LogP contribution in [0.25, 0.3) is 16.3 Å². The summed E-state index contributed by atoms with van der Waals surface area (Å²) in [6.07, 6.45) is -4.15. The van der Waals surface area contributed by atoms with E-state index >= 15 is 0 Å². The molecule has 4 aromatic rings. The summed E-state index contributed by atoms with van der Waals surface area (Å²) in [5.74, 6) is -0.571. The smallest absolute Gasteiger partial charge is 0.432 e. The van der Waals surface area contributed by atoms with E-state index in [-0.39, 0.29) is 17.9 Å². The van der Waals surface area contributed by atoms with Gasteiger partial charge in [-0.15, -0.1) is 22.7 Å². The molecule has 0 aliphatic carbocycles. The number of nitrogens with one attached hydrogen (secondary N) is 2. The lowest BCUT2D eigenvalue weighted by Crippen LogP contribution is -2.20. The van der Waals surface area contributed by atoms with Crippen LogP contribution in [0.4, 0.5) is 18.9 Å². The van der Waals surface area contributed by atoms with Crippen LogP contribution < -0.4 is 5.32 Å². The van der Waals surface area contributed by atoms with Crippen LogP contribution in [0.2, 0.25) is 5.02 Å². The van der Waals surface area contributed by atoms with Crippen LogP contribution in [0.15, 0.2) is 72.1 Å². The fraction of sp³-hybridized carbons (Fsp3) is 0.115. The second-order valence-electron chi connectivity index (χ2n) is 7.75. The molecule has 190 valence electrons. The maximum absolute atomic E-state index is 13.1. The number of aromatic nitrogens is 1. The van der Waals surface area contributed by atoms with Crippen LogP contribution in [-0.4, -0.2) is 22.8 Å². The Balaban J connectivity index is 1.47. The van der Waals surface area contributed by atoms with Crippen molar-refractivity contribution < 1.29 is 22.7 Å². The Bertz CT molecular complexity index is 1460. The maximum atomic E-state index is 13.1. The summed E-state index contributed by atoms with van der Waals surface area (Å²) < 4.78 is 44.6. The highest BCUT2D eigenvalue weighted by atomic mass is 35.5. The molecule has 37 heavy (non-hydrogen) atoms. The first kappa shape index (κ1) is 26.6. The lowest BCUT2D eigenvalue weighted by atomic mass is 10.1. The Kier molecular flexibility index (Phi) is 8.11. The van der Waals surface area contributed by atoms with Crippen LogP contribution in [0.3, 0.4) is 0 Å². The van der Waals surface area contributed by atoms with Crippen LogP contribution in [-0.2, 0) is 11.3 Å². The van der Waals surface area contributed by atoms with Gasteiger partial charge in [0.2, 0.25) is 0 Å². The number of hydrogen-bond acceptors (Lipinski definition) is 7. The van der Waals surface area contributed by atoms with Gasteiger partial charge in [0.15, 0.2) is 0 Å². The average molecular weight is 562 g/mol. The molecular weight excluding hydrogens is 543 g/mol. The largest absolute Gasteiger partial charge is 0.456 e. The lowest BCUT2D eigenvalue weighted by Gasteiger charge is -2.14. The summed E-state index contributed by atoms with van der Waals surface area (Å²) in [6.45, 7) is 2.01. The highest BCUT2D eigenvalue weighted by Gasteiger charge is 2.33. The molecule has 0 atom stereocenters. The number of carbonyl (C=O) groups is 1. The van der Waals surface area contributed by atoms with Crippen molar-refractivity contribution >= 4 is 57.3 Å². The Hall–Kier alpha value is -3.47. The molecule has 4 rings (SSSR count). The molecule has 0 saturated carbocycles. The van der Waals surface area contributed by atoms with Crippen molar-refractivity contribution in [2.45, 2.75) is 19.7 Å². The van der Waals surface area contributed by atoms with Crippen molar-refractivity contribution in [3.63, 3.8) is 0 Å². The minimum atomic E-state index is -4.82. The predicted molar refractivity (Wildman–Crippen MR) is 143 cm³/mol. The van der Waals surface area contributed by atoms with Crippen molar-refractivity contribution in [3.8, 4) is 10.6 Å². The zero-order valence-electron chi connectivity index (χ0n) is 19.2. The van der Waals surface area contributed by atoms with Gasteiger partial charge in [-0.3, -0.25) is 5.41 Å². The normalized spacial score (nSPS) is 11.9. The molecule has 0 aliphatic rings. The molecule has 0 amide bonds. The van der Waals surface area contributed by atoms with Crippen LogP contribution >= 0.6 is 34.3 Å². The van der Waals surface area contributed by atoms with Crippen LogP contribution in [0.5, 0.6) is 0 Å². The highest BCUT2D eigenvalue weighted by molar-refractivity contribution is 7.16. The molecule has 5 nitrogen and oxygen atoms in total. The van der Waals surface area contributed by atoms with Gasteiger partial charge in [0.25, 0.3) is 0 Å². The fourth-order valence-corrected chi connectivity index (χ4v) is 4.95. The average Bonchev–Trinajstić information content (AvgIpc) is 3.52. The first-order valence-corrected chi connectivity index (χ1v) is 12.9. The van der Waals surface area contributed by atoms with Crippen molar-refractivity contribution in [2.75, 3.05) is 5.32 Å². The molecule has 2 aromatic carbocycles. The quantitative estimate of drug-likeness (QED) is 0.168.